The van der Waals surface area contributed by atoms with E-state index in [1.165, 1.54) is 18.2 Å². The summed E-state index contributed by atoms with van der Waals surface area (Å²) < 4.78 is 35.6. The van der Waals surface area contributed by atoms with Crippen LogP contribution in [0.2, 0.25) is 5.02 Å². The molecule has 0 aliphatic carbocycles. The summed E-state index contributed by atoms with van der Waals surface area (Å²) >= 11 is 5.60. The Kier molecular flexibility index (Phi) is 3.16. The normalized spacial score (nSPS) is 11.4. The van der Waals surface area contributed by atoms with Crippen molar-refractivity contribution in [3.63, 3.8) is 0 Å². The molecule has 0 saturated carbocycles. The van der Waals surface area contributed by atoms with Crippen molar-refractivity contribution in [1.29, 1.82) is 0 Å². The van der Waals surface area contributed by atoms with Crippen LogP contribution < -0.4 is 0 Å². The maximum atomic E-state index is 11.9. The van der Waals surface area contributed by atoms with Gasteiger partial charge in [0.05, 0.1) is 0 Å². The highest BCUT2D eigenvalue weighted by molar-refractivity contribution is 6.31. The van der Waals surface area contributed by atoms with Crippen molar-refractivity contribution in [2.75, 3.05) is 0 Å². The van der Waals surface area contributed by atoms with Crippen LogP contribution in [0.1, 0.15) is 5.56 Å². The van der Waals surface area contributed by atoms with Gasteiger partial charge in [0.15, 0.2) is 0 Å². The van der Waals surface area contributed by atoms with Gasteiger partial charge in [-0.1, -0.05) is 29.8 Å². The van der Waals surface area contributed by atoms with Crippen LogP contribution in [0.5, 0.6) is 0 Å². The van der Waals surface area contributed by atoms with Crippen molar-refractivity contribution in [2.24, 2.45) is 0 Å². The molecule has 0 N–H and O–H groups in total. The second-order valence-corrected chi connectivity index (χ2v) is 3.10. The third kappa shape index (κ3) is 2.73. The molecule has 5 heteroatoms. The molecule has 0 aliphatic rings. The fraction of sp³-hybridized carbons (Fsp3) is 0.222. The largest absolute Gasteiger partial charge is 0.450 e. The van der Waals surface area contributed by atoms with E-state index in [4.69, 9.17) is 11.6 Å². The van der Waals surface area contributed by atoms with Gasteiger partial charge in [0.25, 0.3) is 0 Å². The van der Waals surface area contributed by atoms with Gasteiger partial charge in [-0.2, -0.15) is 13.2 Å². The molecule has 0 bridgehead atoms. The first-order valence-corrected chi connectivity index (χ1v) is 4.12. The number of carbonyl (C=O) groups excluding carboxylic acids is 1. The minimum absolute atomic E-state index is 0.171. The van der Waals surface area contributed by atoms with Crippen molar-refractivity contribution in [3.8, 4) is 0 Å². The molecule has 0 spiro atoms. The quantitative estimate of drug-likeness (QED) is 0.752. The van der Waals surface area contributed by atoms with E-state index < -0.39 is 18.4 Å². The van der Waals surface area contributed by atoms with Crippen LogP contribution in [-0.2, 0) is 11.2 Å². The zero-order valence-electron chi connectivity index (χ0n) is 6.94. The fourth-order valence-electron chi connectivity index (χ4n) is 0.915. The molecule has 1 rings (SSSR count). The van der Waals surface area contributed by atoms with E-state index >= 15 is 0 Å². The highest BCUT2D eigenvalue weighted by Gasteiger charge is 2.37. The molecule has 0 fully saturated rings. The second-order valence-electron chi connectivity index (χ2n) is 2.69. The van der Waals surface area contributed by atoms with E-state index in [2.05, 4.69) is 0 Å². The average Bonchev–Trinajstić information content (AvgIpc) is 2.07. The minimum atomic E-state index is -4.79. The van der Waals surface area contributed by atoms with Crippen molar-refractivity contribution < 1.29 is 18.0 Å². The molecule has 14 heavy (non-hydrogen) atoms. The molecule has 1 aromatic rings. The number of Topliss-reactive ketones (excluding diaryl/α,β-unsaturated/α-hetero) is 1. The highest BCUT2D eigenvalue weighted by atomic mass is 35.5. The lowest BCUT2D eigenvalue weighted by Crippen LogP contribution is -2.24. The van der Waals surface area contributed by atoms with Crippen molar-refractivity contribution >= 4 is 17.4 Å². The maximum Gasteiger partial charge on any atom is 0.450 e. The molecule has 0 aromatic heterocycles. The Morgan fingerprint density at radius 1 is 1.29 bits per heavy atom. The van der Waals surface area contributed by atoms with E-state index in [1.807, 2.05) is 0 Å². The molecule has 0 radical (unpaired) electrons. The van der Waals surface area contributed by atoms with Gasteiger partial charge in [-0.25, -0.2) is 0 Å². The molecular formula is C9H6ClF3O. The molecule has 0 atom stereocenters. The van der Waals surface area contributed by atoms with Gasteiger partial charge in [0.1, 0.15) is 0 Å². The molecule has 0 heterocycles. The first kappa shape index (κ1) is 11.0. The zero-order valence-corrected chi connectivity index (χ0v) is 7.69. The van der Waals surface area contributed by atoms with Crippen LogP contribution >= 0.6 is 11.6 Å². The van der Waals surface area contributed by atoms with Crippen LogP contribution in [0.25, 0.3) is 0 Å². The first-order valence-electron chi connectivity index (χ1n) is 3.74. The van der Waals surface area contributed by atoms with E-state index in [0.717, 1.165) is 0 Å². The summed E-state index contributed by atoms with van der Waals surface area (Å²) in [6, 6.07) is 5.96. The Morgan fingerprint density at radius 2 is 1.86 bits per heavy atom. The number of halogens is 4. The molecule has 1 aromatic carbocycles. The van der Waals surface area contributed by atoms with Gasteiger partial charge in [-0.05, 0) is 11.6 Å². The van der Waals surface area contributed by atoms with Crippen LogP contribution in [0.15, 0.2) is 24.3 Å². The molecule has 0 saturated heterocycles. The van der Waals surface area contributed by atoms with Gasteiger partial charge in [0.2, 0.25) is 5.78 Å². The third-order valence-corrected chi connectivity index (χ3v) is 1.99. The second kappa shape index (κ2) is 4.00. The smallest absolute Gasteiger partial charge is 0.289 e. The Labute approximate surface area is 83.5 Å². The van der Waals surface area contributed by atoms with Crippen LogP contribution in [0.4, 0.5) is 13.2 Å². The van der Waals surface area contributed by atoms with E-state index in [9.17, 15) is 18.0 Å². The Morgan fingerprint density at radius 3 is 2.36 bits per heavy atom. The molecule has 0 aliphatic heterocycles. The summed E-state index contributed by atoms with van der Waals surface area (Å²) in [6.07, 6.45) is -5.50. The molecule has 0 unspecified atom stereocenters. The molecule has 0 amide bonds. The predicted molar refractivity (Wildman–Crippen MR) is 46.2 cm³/mol. The SMILES string of the molecule is O=C(Cc1ccccc1Cl)C(F)(F)F. The average molecular weight is 223 g/mol. The Bertz CT molecular complexity index is 346. The van der Waals surface area contributed by atoms with Gasteiger partial charge < -0.3 is 0 Å². The fourth-order valence-corrected chi connectivity index (χ4v) is 1.12. The van der Waals surface area contributed by atoms with Crippen molar-refractivity contribution in [3.05, 3.63) is 34.9 Å². The third-order valence-electron chi connectivity index (χ3n) is 1.63. The number of ketones is 1. The summed E-state index contributed by atoms with van der Waals surface area (Å²) in [7, 11) is 0. The lowest BCUT2D eigenvalue weighted by molar-refractivity contribution is -0.170. The summed E-state index contributed by atoms with van der Waals surface area (Å²) in [5.74, 6) is -1.79. The lowest BCUT2D eigenvalue weighted by atomic mass is 10.1. The summed E-state index contributed by atoms with van der Waals surface area (Å²) in [5, 5.41) is 0.171. The van der Waals surface area contributed by atoms with Crippen molar-refractivity contribution in [1.82, 2.24) is 0 Å². The Balaban J connectivity index is 2.80. The zero-order chi connectivity index (χ0) is 10.8. The summed E-state index contributed by atoms with van der Waals surface area (Å²) in [6.45, 7) is 0. The molecular weight excluding hydrogens is 217 g/mol. The number of carbonyl (C=O) groups is 1. The van der Waals surface area contributed by atoms with Crippen molar-refractivity contribution in [2.45, 2.75) is 12.6 Å². The van der Waals surface area contributed by atoms with Crippen LogP contribution in [0.3, 0.4) is 0 Å². The van der Waals surface area contributed by atoms with E-state index in [0.29, 0.717) is 0 Å². The number of hydrogen-bond acceptors (Lipinski definition) is 1. The summed E-state index contributed by atoms with van der Waals surface area (Å²) in [5.41, 5.74) is 0.191. The standard InChI is InChI=1S/C9H6ClF3O/c10-7-4-2-1-3-6(7)5-8(14)9(11,12)13/h1-4H,5H2. The molecule has 1 nitrogen and oxygen atoms in total. The van der Waals surface area contributed by atoms with Gasteiger partial charge in [-0.15, -0.1) is 0 Å². The lowest BCUT2D eigenvalue weighted by Gasteiger charge is -2.05. The molecule has 76 valence electrons. The van der Waals surface area contributed by atoms with Gasteiger partial charge in [-0.3, -0.25) is 4.79 Å². The van der Waals surface area contributed by atoms with Gasteiger partial charge in [0, 0.05) is 11.4 Å². The van der Waals surface area contributed by atoms with E-state index in [1.54, 1.807) is 6.07 Å². The maximum absolute atomic E-state index is 11.9. The highest BCUT2D eigenvalue weighted by Crippen LogP contribution is 2.22. The first-order chi connectivity index (χ1) is 6.41. The van der Waals surface area contributed by atoms with Gasteiger partial charge >= 0.3 is 6.18 Å². The van der Waals surface area contributed by atoms with E-state index in [-0.39, 0.29) is 10.6 Å². The minimum Gasteiger partial charge on any atom is -0.289 e. The number of benzene rings is 1. The predicted octanol–water partition coefficient (Wildman–Crippen LogP) is 3.01. The van der Waals surface area contributed by atoms with Crippen LogP contribution in [0, 0.1) is 0 Å². The monoisotopic (exact) mass is 222 g/mol. The number of alkyl halides is 3. The number of rotatable bonds is 2. The topological polar surface area (TPSA) is 17.1 Å². The Hall–Kier alpha value is -1.03. The van der Waals surface area contributed by atoms with Crippen LogP contribution in [-0.4, -0.2) is 12.0 Å². The number of hydrogen-bond donors (Lipinski definition) is 0. The summed E-state index contributed by atoms with van der Waals surface area (Å²) in [4.78, 5) is 10.6.